The van der Waals surface area contributed by atoms with Crippen LogP contribution in [0.3, 0.4) is 0 Å². The second-order valence-corrected chi connectivity index (χ2v) is 8.47. The number of aromatic nitrogens is 5. The summed E-state index contributed by atoms with van der Waals surface area (Å²) < 4.78 is 19.4. The zero-order chi connectivity index (χ0) is 24.5. The van der Waals surface area contributed by atoms with E-state index in [9.17, 15) is 4.79 Å². The Morgan fingerprint density at radius 1 is 1.09 bits per heavy atom. The van der Waals surface area contributed by atoms with Gasteiger partial charge >= 0.3 is 0 Å². The number of carbonyl (C=O) groups is 1. The summed E-state index contributed by atoms with van der Waals surface area (Å²) in [7, 11) is 4.89. The number of aryl methyl sites for hydroxylation is 2. The van der Waals surface area contributed by atoms with Gasteiger partial charge in [-0.25, -0.2) is 4.98 Å². The first kappa shape index (κ1) is 22.4. The fraction of sp³-hybridized carbons (Fsp3) is 0.167. The van der Waals surface area contributed by atoms with Gasteiger partial charge in [0, 0.05) is 24.1 Å². The number of carbonyl (C=O) groups excluding carboxylic acids is 1. The Labute approximate surface area is 204 Å². The smallest absolute Gasteiger partial charge is 0.275 e. The first-order valence-corrected chi connectivity index (χ1v) is 11.5. The van der Waals surface area contributed by atoms with Crippen LogP contribution in [-0.4, -0.2) is 44.7 Å². The Balaban J connectivity index is 1.44. The molecular weight excluding hydrogens is 468 g/mol. The van der Waals surface area contributed by atoms with Gasteiger partial charge in [-0.3, -0.25) is 9.48 Å². The van der Waals surface area contributed by atoms with Gasteiger partial charge in [0.2, 0.25) is 5.13 Å². The normalized spacial score (nSPS) is 11.0. The lowest BCUT2D eigenvalue weighted by Crippen LogP contribution is -2.18. The molecule has 1 amide bonds. The van der Waals surface area contributed by atoms with Crippen molar-refractivity contribution in [3.63, 3.8) is 0 Å². The SMILES string of the molecule is COc1ccc(OC)c(-c2cc(C(=O)Nc3cc(C)nn3-c3nc(-c4ccco4)cs3)n(C)n2)c1. The molecule has 0 unspecified atom stereocenters. The Morgan fingerprint density at radius 2 is 1.94 bits per heavy atom. The van der Waals surface area contributed by atoms with Crippen molar-refractivity contribution in [3.05, 3.63) is 65.5 Å². The predicted octanol–water partition coefficient (Wildman–Crippen LogP) is 4.57. The van der Waals surface area contributed by atoms with E-state index in [1.165, 1.54) is 16.0 Å². The summed E-state index contributed by atoms with van der Waals surface area (Å²) in [5.74, 6) is 2.11. The fourth-order valence-corrected chi connectivity index (χ4v) is 4.42. The summed E-state index contributed by atoms with van der Waals surface area (Å²) in [4.78, 5) is 17.8. The monoisotopic (exact) mass is 490 g/mol. The van der Waals surface area contributed by atoms with Crippen LogP contribution >= 0.6 is 11.3 Å². The van der Waals surface area contributed by atoms with Crippen molar-refractivity contribution in [2.75, 3.05) is 19.5 Å². The summed E-state index contributed by atoms with van der Waals surface area (Å²) in [6, 6.07) is 12.6. The van der Waals surface area contributed by atoms with Gasteiger partial charge in [-0.1, -0.05) is 0 Å². The molecule has 35 heavy (non-hydrogen) atoms. The summed E-state index contributed by atoms with van der Waals surface area (Å²) in [6.45, 7) is 1.85. The summed E-state index contributed by atoms with van der Waals surface area (Å²) in [5, 5.41) is 14.4. The highest BCUT2D eigenvalue weighted by Gasteiger charge is 2.20. The minimum Gasteiger partial charge on any atom is -0.497 e. The molecule has 10 nitrogen and oxygen atoms in total. The van der Waals surface area contributed by atoms with Gasteiger partial charge < -0.3 is 19.2 Å². The van der Waals surface area contributed by atoms with Crippen LogP contribution in [0.5, 0.6) is 11.5 Å². The van der Waals surface area contributed by atoms with Gasteiger partial charge in [0.15, 0.2) is 5.76 Å². The molecule has 0 atom stereocenters. The maximum Gasteiger partial charge on any atom is 0.275 e. The maximum absolute atomic E-state index is 13.2. The highest BCUT2D eigenvalue weighted by Crippen LogP contribution is 2.33. The minimum absolute atomic E-state index is 0.336. The molecule has 0 saturated carbocycles. The van der Waals surface area contributed by atoms with E-state index in [1.54, 1.807) is 62.5 Å². The third kappa shape index (κ3) is 4.28. The molecule has 0 fully saturated rings. The molecule has 0 aliphatic heterocycles. The average Bonchev–Trinajstić information content (AvgIpc) is 3.65. The van der Waals surface area contributed by atoms with Crippen molar-refractivity contribution in [2.24, 2.45) is 7.05 Å². The van der Waals surface area contributed by atoms with Crippen LogP contribution < -0.4 is 14.8 Å². The van der Waals surface area contributed by atoms with Gasteiger partial charge in [-0.15, -0.1) is 11.3 Å². The molecule has 0 aliphatic carbocycles. The number of furan rings is 1. The van der Waals surface area contributed by atoms with Gasteiger partial charge in [0.25, 0.3) is 5.91 Å². The standard InChI is InChI=1S/C24H22N6O4S/c1-14-10-22(30(27-14)24-25-18(13-35-24)21-6-5-9-34-21)26-23(31)19-12-17(28-29(19)2)16-11-15(32-3)7-8-20(16)33-4/h5-13H,1-4H3,(H,26,31). The highest BCUT2D eigenvalue weighted by atomic mass is 32.1. The maximum atomic E-state index is 13.2. The number of ether oxygens (including phenoxy) is 2. The fourth-order valence-electron chi connectivity index (χ4n) is 3.64. The van der Waals surface area contributed by atoms with Gasteiger partial charge in [0.05, 0.1) is 31.9 Å². The number of methoxy groups -OCH3 is 2. The number of hydrogen-bond donors (Lipinski definition) is 1. The number of thiazole rings is 1. The summed E-state index contributed by atoms with van der Waals surface area (Å²) in [5.41, 5.74) is 3.10. The molecule has 5 aromatic rings. The van der Waals surface area contributed by atoms with E-state index in [0.717, 1.165) is 11.3 Å². The number of anilines is 1. The van der Waals surface area contributed by atoms with Crippen LogP contribution in [-0.2, 0) is 7.05 Å². The third-order valence-electron chi connectivity index (χ3n) is 5.32. The lowest BCUT2D eigenvalue weighted by molar-refractivity contribution is 0.101. The number of hydrogen-bond acceptors (Lipinski definition) is 8. The lowest BCUT2D eigenvalue weighted by Gasteiger charge is -2.08. The molecule has 1 N–H and O–H groups in total. The van der Waals surface area contributed by atoms with Gasteiger partial charge in [0.1, 0.15) is 28.7 Å². The molecule has 0 spiro atoms. The largest absolute Gasteiger partial charge is 0.497 e. The number of nitrogens with one attached hydrogen (secondary N) is 1. The Morgan fingerprint density at radius 3 is 2.69 bits per heavy atom. The van der Waals surface area contributed by atoms with Gasteiger partial charge in [-0.2, -0.15) is 14.9 Å². The summed E-state index contributed by atoms with van der Waals surface area (Å²) >= 11 is 1.40. The third-order valence-corrected chi connectivity index (χ3v) is 6.13. The van der Waals surface area contributed by atoms with Crippen LogP contribution in [0, 0.1) is 6.92 Å². The van der Waals surface area contributed by atoms with Crippen LogP contribution in [0.1, 0.15) is 16.2 Å². The minimum atomic E-state index is -0.336. The van der Waals surface area contributed by atoms with Crippen molar-refractivity contribution in [2.45, 2.75) is 6.92 Å². The van der Waals surface area contributed by atoms with Crippen molar-refractivity contribution in [1.29, 1.82) is 0 Å². The zero-order valence-corrected chi connectivity index (χ0v) is 20.3. The van der Waals surface area contributed by atoms with Gasteiger partial charge in [-0.05, 0) is 43.3 Å². The molecule has 178 valence electrons. The van der Waals surface area contributed by atoms with E-state index in [-0.39, 0.29) is 5.91 Å². The molecule has 0 bridgehead atoms. The predicted molar refractivity (Wildman–Crippen MR) is 131 cm³/mol. The molecule has 11 heteroatoms. The number of rotatable bonds is 7. The van der Waals surface area contributed by atoms with E-state index in [1.807, 2.05) is 24.4 Å². The van der Waals surface area contributed by atoms with E-state index in [4.69, 9.17) is 13.9 Å². The van der Waals surface area contributed by atoms with E-state index < -0.39 is 0 Å². The van der Waals surface area contributed by atoms with Crippen LogP contribution in [0.2, 0.25) is 0 Å². The molecule has 0 aliphatic rings. The Bertz CT molecular complexity index is 1500. The first-order valence-electron chi connectivity index (χ1n) is 10.6. The van der Waals surface area contributed by atoms with E-state index in [0.29, 0.717) is 45.3 Å². The molecule has 4 aromatic heterocycles. The summed E-state index contributed by atoms with van der Waals surface area (Å²) in [6.07, 6.45) is 1.60. The quantitative estimate of drug-likeness (QED) is 0.356. The molecule has 0 saturated heterocycles. The van der Waals surface area contributed by atoms with E-state index >= 15 is 0 Å². The second-order valence-electron chi connectivity index (χ2n) is 7.63. The lowest BCUT2D eigenvalue weighted by atomic mass is 10.1. The Kier molecular flexibility index (Phi) is 5.83. The second kappa shape index (κ2) is 9.11. The highest BCUT2D eigenvalue weighted by molar-refractivity contribution is 7.12. The molecule has 1 aromatic carbocycles. The molecule has 5 rings (SSSR count). The van der Waals surface area contributed by atoms with Crippen LogP contribution in [0.4, 0.5) is 5.82 Å². The number of benzene rings is 1. The topological polar surface area (TPSA) is 109 Å². The van der Waals surface area contributed by atoms with E-state index in [2.05, 4.69) is 20.5 Å². The average molecular weight is 491 g/mol. The molecule has 4 heterocycles. The van der Waals surface area contributed by atoms with Crippen molar-refractivity contribution < 1.29 is 18.7 Å². The van der Waals surface area contributed by atoms with Crippen molar-refractivity contribution in [1.82, 2.24) is 24.5 Å². The molecular formula is C24H22N6O4S. The van der Waals surface area contributed by atoms with Crippen LogP contribution in [0.15, 0.2) is 58.5 Å². The number of amides is 1. The zero-order valence-electron chi connectivity index (χ0n) is 19.5. The van der Waals surface area contributed by atoms with Crippen LogP contribution in [0.25, 0.3) is 27.8 Å². The Hall–Kier alpha value is -4.38. The van der Waals surface area contributed by atoms with Crippen molar-refractivity contribution >= 4 is 23.1 Å². The van der Waals surface area contributed by atoms with Crippen molar-refractivity contribution in [3.8, 4) is 39.3 Å². The molecule has 0 radical (unpaired) electrons. The first-order chi connectivity index (χ1) is 17.0. The number of nitrogens with zero attached hydrogens (tertiary/aromatic N) is 5.